The van der Waals surface area contributed by atoms with Crippen LogP contribution >= 0.6 is 0 Å². The maximum atomic E-state index is 15.1. The molecule has 12 nitrogen and oxygen atoms in total. The number of carbonyl (C=O) groups is 3. The van der Waals surface area contributed by atoms with Crippen molar-refractivity contribution in [1.29, 1.82) is 0 Å². The fourth-order valence-electron chi connectivity index (χ4n) is 8.83. The number of aromatic hydroxyl groups is 1. The Balaban J connectivity index is 0.842. The summed E-state index contributed by atoms with van der Waals surface area (Å²) in [6.07, 6.45) is 8.53. The molecule has 288 valence electrons. The first kappa shape index (κ1) is 37.7. The Hall–Kier alpha value is -4.62. The van der Waals surface area contributed by atoms with Crippen LogP contribution in [0.3, 0.4) is 0 Å². The van der Waals surface area contributed by atoms with E-state index in [9.17, 15) is 19.5 Å². The van der Waals surface area contributed by atoms with Gasteiger partial charge in [-0.25, -0.2) is 4.39 Å². The van der Waals surface area contributed by atoms with E-state index in [1.165, 1.54) is 6.07 Å². The van der Waals surface area contributed by atoms with Gasteiger partial charge in [0.05, 0.1) is 23.5 Å². The Morgan fingerprint density at radius 1 is 0.963 bits per heavy atom. The number of imide groups is 1. The number of anilines is 2. The molecule has 4 aliphatic heterocycles. The fraction of sp³-hybridized carbons (Fsp3) is 0.537. The monoisotopic (exact) mass is 741 g/mol. The van der Waals surface area contributed by atoms with E-state index in [1.54, 1.807) is 31.5 Å². The van der Waals surface area contributed by atoms with Crippen LogP contribution in [0.1, 0.15) is 69.3 Å². The van der Waals surface area contributed by atoms with E-state index in [-0.39, 0.29) is 35.8 Å². The first-order chi connectivity index (χ1) is 26.1. The molecule has 5 heterocycles. The number of nitrogens with zero attached hydrogens (tertiary/aromatic N) is 6. The van der Waals surface area contributed by atoms with Crippen molar-refractivity contribution in [2.75, 3.05) is 69.8 Å². The number of halogens is 1. The summed E-state index contributed by atoms with van der Waals surface area (Å²) >= 11 is 0. The van der Waals surface area contributed by atoms with Gasteiger partial charge in [-0.3, -0.25) is 19.7 Å². The number of benzene rings is 2. The second-order valence-electron chi connectivity index (χ2n) is 15.4. The van der Waals surface area contributed by atoms with Gasteiger partial charge < -0.3 is 29.4 Å². The standard InChI is InChI=1S/C41H52FN7O5/c1-46(40(53)41(54-2)16-23-49(24-17-41)31-26-36(45-43-27-31)34-5-3-4-6-37(34)50)29-14-19-47(20-15-29)18-11-28-12-21-48(22-13-28)30-7-8-32(35(42)25-30)33-9-10-38(51)44-39(33)52/h3-8,25-29,33,50H,9-24H2,1-2H3,(H,44,51,52)/t33-/m1/s1. The van der Waals surface area contributed by atoms with E-state index in [0.717, 1.165) is 76.2 Å². The van der Waals surface area contributed by atoms with Gasteiger partial charge in [0, 0.05) is 95.5 Å². The molecule has 2 aromatic carbocycles. The highest BCUT2D eigenvalue weighted by atomic mass is 19.1. The summed E-state index contributed by atoms with van der Waals surface area (Å²) in [6, 6.07) is 14.4. The van der Waals surface area contributed by atoms with Crippen molar-refractivity contribution in [3.8, 4) is 17.0 Å². The number of amides is 3. The molecule has 3 amide bonds. The average molecular weight is 742 g/mol. The quantitative estimate of drug-likeness (QED) is 0.282. The van der Waals surface area contributed by atoms with Gasteiger partial charge in [0.15, 0.2) is 0 Å². The normalized spacial score (nSPS) is 21.6. The third-order valence-electron chi connectivity index (χ3n) is 12.4. The average Bonchev–Trinajstić information content (AvgIpc) is 3.20. The molecule has 7 rings (SSSR count). The number of hydrogen-bond acceptors (Lipinski definition) is 10. The summed E-state index contributed by atoms with van der Waals surface area (Å²) < 4.78 is 21.1. The van der Waals surface area contributed by atoms with E-state index < -0.39 is 17.4 Å². The van der Waals surface area contributed by atoms with Crippen molar-refractivity contribution < 1.29 is 28.6 Å². The van der Waals surface area contributed by atoms with Gasteiger partial charge in [0.1, 0.15) is 17.2 Å². The minimum absolute atomic E-state index is 0.0584. The molecular weight excluding hydrogens is 689 g/mol. The first-order valence-electron chi connectivity index (χ1n) is 19.4. The lowest BCUT2D eigenvalue weighted by molar-refractivity contribution is -0.159. The smallest absolute Gasteiger partial charge is 0.254 e. The molecule has 4 aliphatic rings. The highest BCUT2D eigenvalue weighted by Gasteiger charge is 2.45. The number of likely N-dealkylation sites (N-methyl/N-ethyl adjacent to an activating group) is 1. The zero-order valence-corrected chi connectivity index (χ0v) is 31.4. The molecule has 1 atom stereocenters. The number of phenolic OH excluding ortho intramolecular Hbond substituents is 1. The molecule has 0 radical (unpaired) electrons. The van der Waals surface area contributed by atoms with Gasteiger partial charge in [-0.05, 0) is 81.3 Å². The number of ether oxygens (including phenoxy) is 1. The molecule has 0 aliphatic carbocycles. The maximum absolute atomic E-state index is 15.1. The number of carbonyl (C=O) groups excluding carboxylic acids is 3. The molecule has 0 spiro atoms. The number of hydrogen-bond donors (Lipinski definition) is 2. The van der Waals surface area contributed by atoms with Crippen LogP contribution in [0, 0.1) is 11.7 Å². The molecule has 0 unspecified atom stereocenters. The largest absolute Gasteiger partial charge is 0.507 e. The summed E-state index contributed by atoms with van der Waals surface area (Å²) in [5, 5.41) is 21.1. The van der Waals surface area contributed by atoms with E-state index in [0.29, 0.717) is 55.1 Å². The highest BCUT2D eigenvalue weighted by Crippen LogP contribution is 2.35. The number of phenols is 1. The minimum Gasteiger partial charge on any atom is -0.507 e. The fourth-order valence-corrected chi connectivity index (χ4v) is 8.83. The lowest BCUT2D eigenvalue weighted by Crippen LogP contribution is -2.58. The third kappa shape index (κ3) is 8.07. The van der Waals surface area contributed by atoms with Crippen LogP contribution in [-0.2, 0) is 19.1 Å². The lowest BCUT2D eigenvalue weighted by atomic mass is 9.88. The molecule has 13 heteroatoms. The number of likely N-dealkylation sites (tertiary alicyclic amines) is 1. The van der Waals surface area contributed by atoms with Crippen molar-refractivity contribution in [2.45, 2.75) is 75.3 Å². The number of methoxy groups -OCH3 is 1. The van der Waals surface area contributed by atoms with Crippen LogP contribution in [-0.4, -0.2) is 114 Å². The van der Waals surface area contributed by atoms with Crippen LogP contribution in [0.4, 0.5) is 15.8 Å². The number of rotatable bonds is 10. The molecule has 4 saturated heterocycles. The van der Waals surface area contributed by atoms with Crippen molar-refractivity contribution in [2.24, 2.45) is 5.92 Å². The summed E-state index contributed by atoms with van der Waals surface area (Å²) in [5.41, 5.74) is 2.48. The zero-order valence-electron chi connectivity index (χ0n) is 31.4. The molecule has 1 aromatic heterocycles. The van der Waals surface area contributed by atoms with Crippen LogP contribution in [0.2, 0.25) is 0 Å². The third-order valence-corrected chi connectivity index (χ3v) is 12.4. The molecule has 4 fully saturated rings. The zero-order chi connectivity index (χ0) is 37.8. The Kier molecular flexibility index (Phi) is 11.4. The van der Waals surface area contributed by atoms with E-state index in [1.807, 2.05) is 36.2 Å². The second-order valence-corrected chi connectivity index (χ2v) is 15.4. The lowest BCUT2D eigenvalue weighted by Gasteiger charge is -2.45. The van der Waals surface area contributed by atoms with Crippen molar-refractivity contribution in [1.82, 2.24) is 25.3 Å². The first-order valence-corrected chi connectivity index (χ1v) is 19.4. The number of aromatic nitrogens is 2. The predicted octanol–water partition coefficient (Wildman–Crippen LogP) is 4.72. The maximum Gasteiger partial charge on any atom is 0.254 e. The van der Waals surface area contributed by atoms with Crippen LogP contribution in [0.5, 0.6) is 5.75 Å². The highest BCUT2D eigenvalue weighted by molar-refractivity contribution is 6.01. The summed E-state index contributed by atoms with van der Waals surface area (Å²) in [6.45, 7) is 5.99. The van der Waals surface area contributed by atoms with Crippen molar-refractivity contribution in [3.05, 3.63) is 66.1 Å². The Morgan fingerprint density at radius 3 is 2.37 bits per heavy atom. The van der Waals surface area contributed by atoms with Gasteiger partial charge in [-0.1, -0.05) is 18.2 Å². The molecule has 3 aromatic rings. The second kappa shape index (κ2) is 16.4. The van der Waals surface area contributed by atoms with Gasteiger partial charge in [0.2, 0.25) is 11.8 Å². The molecular formula is C41H52FN7O5. The van der Waals surface area contributed by atoms with E-state index in [2.05, 4.69) is 30.2 Å². The summed E-state index contributed by atoms with van der Waals surface area (Å²) in [7, 11) is 3.58. The van der Waals surface area contributed by atoms with Gasteiger partial charge in [-0.15, -0.1) is 0 Å². The Morgan fingerprint density at radius 2 is 1.69 bits per heavy atom. The molecule has 2 N–H and O–H groups in total. The summed E-state index contributed by atoms with van der Waals surface area (Å²) in [4.78, 5) is 46.7. The number of para-hydroxylation sites is 1. The van der Waals surface area contributed by atoms with Gasteiger partial charge >= 0.3 is 0 Å². The van der Waals surface area contributed by atoms with Crippen LogP contribution in [0.15, 0.2) is 54.7 Å². The topological polar surface area (TPSA) is 131 Å². The van der Waals surface area contributed by atoms with Gasteiger partial charge in [0.25, 0.3) is 5.91 Å². The number of piperidine rings is 4. The van der Waals surface area contributed by atoms with Crippen molar-refractivity contribution in [3.63, 3.8) is 0 Å². The molecule has 54 heavy (non-hydrogen) atoms. The Bertz CT molecular complexity index is 1820. The van der Waals surface area contributed by atoms with Gasteiger partial charge in [-0.2, -0.15) is 10.2 Å². The van der Waals surface area contributed by atoms with Crippen LogP contribution in [0.25, 0.3) is 11.3 Å². The molecule has 0 saturated carbocycles. The SMILES string of the molecule is COC1(C(=O)N(C)C2CCN(CCC3CCN(c4ccc([C@H]5CCC(=O)NC5=O)c(F)c4)CC3)CC2)CCN(c2cnnc(-c3ccccc3O)c2)CC1. The number of nitrogens with one attached hydrogen (secondary N) is 1. The summed E-state index contributed by atoms with van der Waals surface area (Å²) in [5.74, 6) is -0.894. The van der Waals surface area contributed by atoms with E-state index >= 15 is 4.39 Å². The minimum atomic E-state index is -0.862. The van der Waals surface area contributed by atoms with Crippen molar-refractivity contribution >= 4 is 29.1 Å². The predicted molar refractivity (Wildman–Crippen MR) is 204 cm³/mol. The van der Waals surface area contributed by atoms with Crippen LogP contribution < -0.4 is 15.1 Å². The Labute approximate surface area is 316 Å². The molecule has 0 bridgehead atoms. The van der Waals surface area contributed by atoms with E-state index in [4.69, 9.17) is 4.74 Å².